The molecular formula is C27H35N3O10S. The average Bonchev–Trinajstić information content (AvgIpc) is 2.92. The van der Waals surface area contributed by atoms with Crippen LogP contribution in [0, 0.1) is 0 Å². The highest BCUT2D eigenvalue weighted by molar-refractivity contribution is 7.89. The van der Waals surface area contributed by atoms with Gasteiger partial charge in [-0.15, -0.1) is 0 Å². The van der Waals surface area contributed by atoms with Crippen LogP contribution in [0.4, 0.5) is 5.69 Å². The quantitative estimate of drug-likeness (QED) is 0.176. The summed E-state index contributed by atoms with van der Waals surface area (Å²) in [6.07, 6.45) is 0.425. The predicted octanol–water partition coefficient (Wildman–Crippen LogP) is 2.45. The number of hydrogen-bond donors (Lipinski definition) is 2. The fraction of sp³-hybridized carbons (Fsp3) is 0.407. The molecule has 0 spiro atoms. The number of rotatable bonds is 15. The highest BCUT2D eigenvalue weighted by Gasteiger charge is 2.26. The molecule has 0 aliphatic rings. The van der Waals surface area contributed by atoms with Gasteiger partial charge in [-0.25, -0.2) is 23.1 Å². The van der Waals surface area contributed by atoms with Crippen LogP contribution in [-0.2, 0) is 38.6 Å². The molecule has 0 heterocycles. The Morgan fingerprint density at radius 2 is 1.73 bits per heavy atom. The molecule has 0 fully saturated rings. The molecule has 224 valence electrons. The van der Waals surface area contributed by atoms with E-state index in [9.17, 15) is 27.6 Å². The number of ether oxygens (including phenoxy) is 4. The molecule has 0 saturated heterocycles. The number of unbranched alkanes of at least 4 members (excludes halogenated alkanes) is 1. The van der Waals surface area contributed by atoms with E-state index < -0.39 is 58.0 Å². The van der Waals surface area contributed by atoms with Crippen molar-refractivity contribution >= 4 is 39.5 Å². The van der Waals surface area contributed by atoms with Crippen molar-refractivity contribution in [1.29, 1.82) is 0 Å². The van der Waals surface area contributed by atoms with E-state index >= 15 is 0 Å². The van der Waals surface area contributed by atoms with E-state index in [2.05, 4.69) is 5.32 Å². The fourth-order valence-electron chi connectivity index (χ4n) is 3.32. The number of nitrogens with zero attached hydrogens (tertiary/aromatic N) is 1. The Balaban J connectivity index is 2.20. The number of amides is 1. The number of nitrogens with two attached hydrogens (primary N) is 1. The fourth-order valence-corrected chi connectivity index (χ4v) is 4.02. The second-order valence-corrected chi connectivity index (χ2v) is 10.3. The molecule has 0 aromatic heterocycles. The third-order valence-corrected chi connectivity index (χ3v) is 6.37. The van der Waals surface area contributed by atoms with E-state index in [-0.39, 0.29) is 23.6 Å². The van der Waals surface area contributed by atoms with Gasteiger partial charge in [-0.1, -0.05) is 31.5 Å². The minimum absolute atomic E-state index is 0.0993. The van der Waals surface area contributed by atoms with Gasteiger partial charge < -0.3 is 29.2 Å². The summed E-state index contributed by atoms with van der Waals surface area (Å²) in [5.74, 6) is -3.13. The van der Waals surface area contributed by atoms with Crippen molar-refractivity contribution in [2.75, 3.05) is 38.7 Å². The molecule has 1 amide bonds. The van der Waals surface area contributed by atoms with Crippen molar-refractivity contribution in [2.45, 2.75) is 44.6 Å². The second kappa shape index (κ2) is 15.6. The molecule has 2 aromatic rings. The number of benzene rings is 2. The second-order valence-electron chi connectivity index (χ2n) is 8.80. The normalized spacial score (nSPS) is 11.6. The maximum Gasteiger partial charge on any atom is 0.347 e. The molecule has 0 radical (unpaired) electrons. The van der Waals surface area contributed by atoms with Gasteiger partial charge >= 0.3 is 17.9 Å². The van der Waals surface area contributed by atoms with Gasteiger partial charge in [0.2, 0.25) is 10.0 Å². The standard InChI is InChI=1S/C27H35N3O10S/c1-5-7-13-29-21-14-19(15-22(41(28,35)36)25(21)40-20-11-9-8-10-12-20)27(34)38-17-23(31)30(4)16-24(32)39-18(3)26(33)37-6-2/h8-12,14-15,18,29H,5-7,13,16-17H2,1-4H3,(H2,28,35,36)/t18-/m0/s1. The molecule has 0 saturated carbocycles. The van der Waals surface area contributed by atoms with Gasteiger partial charge in [-0.3, -0.25) is 9.59 Å². The number of nitrogens with one attached hydrogen (secondary N) is 1. The maximum atomic E-state index is 12.9. The third-order valence-electron chi connectivity index (χ3n) is 5.45. The Hall–Kier alpha value is -4.17. The number of hydrogen-bond acceptors (Lipinski definition) is 11. The van der Waals surface area contributed by atoms with Gasteiger partial charge in [-0.2, -0.15) is 0 Å². The summed E-state index contributed by atoms with van der Waals surface area (Å²) in [6, 6.07) is 10.8. The van der Waals surface area contributed by atoms with Crippen LogP contribution < -0.4 is 15.2 Å². The van der Waals surface area contributed by atoms with Crippen molar-refractivity contribution in [3.8, 4) is 11.5 Å². The summed E-state index contributed by atoms with van der Waals surface area (Å²) in [7, 11) is -3.10. The van der Waals surface area contributed by atoms with Crippen LogP contribution in [0.1, 0.15) is 44.0 Å². The largest absolute Gasteiger partial charge is 0.463 e. The molecule has 41 heavy (non-hydrogen) atoms. The monoisotopic (exact) mass is 593 g/mol. The number of primary sulfonamides is 1. The molecule has 2 aromatic carbocycles. The topological polar surface area (TPSA) is 181 Å². The van der Waals surface area contributed by atoms with E-state index in [1.54, 1.807) is 37.3 Å². The third kappa shape index (κ3) is 10.4. The maximum absolute atomic E-state index is 12.9. The van der Waals surface area contributed by atoms with Crippen molar-refractivity contribution in [3.05, 3.63) is 48.0 Å². The molecule has 2 rings (SSSR count). The van der Waals surface area contributed by atoms with E-state index in [0.717, 1.165) is 23.8 Å². The zero-order valence-electron chi connectivity index (χ0n) is 23.4. The van der Waals surface area contributed by atoms with E-state index in [1.165, 1.54) is 20.0 Å². The lowest BCUT2D eigenvalue weighted by Gasteiger charge is -2.19. The minimum Gasteiger partial charge on any atom is -0.463 e. The number of para-hydroxylation sites is 1. The van der Waals surface area contributed by atoms with Crippen LogP contribution >= 0.6 is 0 Å². The van der Waals surface area contributed by atoms with Crippen LogP contribution in [0.15, 0.2) is 47.4 Å². The van der Waals surface area contributed by atoms with Crippen LogP contribution in [-0.4, -0.2) is 76.6 Å². The Kier molecular flexibility index (Phi) is 12.5. The van der Waals surface area contributed by atoms with Gasteiger partial charge in [0.05, 0.1) is 17.9 Å². The smallest absolute Gasteiger partial charge is 0.347 e. The van der Waals surface area contributed by atoms with Gasteiger partial charge in [0.25, 0.3) is 5.91 Å². The Morgan fingerprint density at radius 1 is 1.05 bits per heavy atom. The van der Waals surface area contributed by atoms with Crippen molar-refractivity contribution in [2.24, 2.45) is 5.14 Å². The average molecular weight is 594 g/mol. The molecule has 14 heteroatoms. The minimum atomic E-state index is -4.37. The molecule has 0 bridgehead atoms. The zero-order chi connectivity index (χ0) is 30.6. The summed E-state index contributed by atoms with van der Waals surface area (Å²) < 4.78 is 45.6. The molecule has 1 atom stereocenters. The SMILES string of the molecule is CCCCNc1cc(C(=O)OCC(=O)N(C)CC(=O)O[C@@H](C)C(=O)OCC)cc(S(N)(=O)=O)c1Oc1ccccc1. The van der Waals surface area contributed by atoms with Gasteiger partial charge in [0.1, 0.15) is 17.2 Å². The van der Waals surface area contributed by atoms with Gasteiger partial charge in [0, 0.05) is 13.6 Å². The van der Waals surface area contributed by atoms with Crippen molar-refractivity contribution in [3.63, 3.8) is 0 Å². The van der Waals surface area contributed by atoms with Crippen LogP contribution in [0.25, 0.3) is 0 Å². The Morgan fingerprint density at radius 3 is 2.34 bits per heavy atom. The summed E-state index contributed by atoms with van der Waals surface area (Å²) in [4.78, 5) is 49.5. The predicted molar refractivity (Wildman–Crippen MR) is 148 cm³/mol. The lowest BCUT2D eigenvalue weighted by molar-refractivity contribution is -0.167. The van der Waals surface area contributed by atoms with Crippen LogP contribution in [0.3, 0.4) is 0 Å². The summed E-state index contributed by atoms with van der Waals surface area (Å²) in [6.45, 7) is 4.18. The summed E-state index contributed by atoms with van der Waals surface area (Å²) in [5.41, 5.74) is -0.0192. The van der Waals surface area contributed by atoms with Crippen LogP contribution in [0.5, 0.6) is 11.5 Å². The van der Waals surface area contributed by atoms with Crippen molar-refractivity contribution < 1.29 is 46.5 Å². The number of likely N-dealkylation sites (N-methyl/N-ethyl adjacent to an activating group) is 1. The number of anilines is 1. The van der Waals surface area contributed by atoms with Gasteiger partial charge in [0.15, 0.2) is 18.5 Å². The highest BCUT2D eigenvalue weighted by Crippen LogP contribution is 2.37. The molecule has 0 aliphatic heterocycles. The number of esters is 3. The first kappa shape index (κ1) is 33.0. The van der Waals surface area contributed by atoms with E-state index in [0.29, 0.717) is 12.3 Å². The number of carbonyl (C=O) groups is 4. The molecule has 0 aliphatic carbocycles. The molecular weight excluding hydrogens is 558 g/mol. The molecule has 13 nitrogen and oxygen atoms in total. The first-order valence-corrected chi connectivity index (χ1v) is 14.4. The Labute approximate surface area is 238 Å². The number of carbonyl (C=O) groups excluding carboxylic acids is 4. The number of sulfonamides is 1. The van der Waals surface area contributed by atoms with Gasteiger partial charge in [-0.05, 0) is 44.5 Å². The van der Waals surface area contributed by atoms with Crippen LogP contribution in [0.2, 0.25) is 0 Å². The lowest BCUT2D eigenvalue weighted by atomic mass is 10.1. The van der Waals surface area contributed by atoms with E-state index in [1.807, 2.05) is 6.92 Å². The van der Waals surface area contributed by atoms with Crippen molar-refractivity contribution in [1.82, 2.24) is 4.90 Å². The molecule has 0 unspecified atom stereocenters. The van der Waals surface area contributed by atoms with E-state index in [4.69, 9.17) is 24.1 Å². The Bertz CT molecular complexity index is 1330. The first-order valence-electron chi connectivity index (χ1n) is 12.8. The first-order chi connectivity index (χ1) is 19.4. The zero-order valence-corrected chi connectivity index (χ0v) is 24.2. The highest BCUT2D eigenvalue weighted by atomic mass is 32.2. The summed E-state index contributed by atoms with van der Waals surface area (Å²) in [5, 5.41) is 8.53. The summed E-state index contributed by atoms with van der Waals surface area (Å²) >= 11 is 0. The lowest BCUT2D eigenvalue weighted by Crippen LogP contribution is -2.38. The molecule has 3 N–H and O–H groups in total.